The molecular formula is C16H20ClN3O. The van der Waals surface area contributed by atoms with E-state index in [9.17, 15) is 0 Å². The third kappa shape index (κ3) is 2.92. The highest BCUT2D eigenvalue weighted by molar-refractivity contribution is 6.29. The fourth-order valence-electron chi connectivity index (χ4n) is 2.89. The van der Waals surface area contributed by atoms with Gasteiger partial charge in [0, 0.05) is 13.1 Å². The van der Waals surface area contributed by atoms with Crippen molar-refractivity contribution in [2.45, 2.75) is 31.9 Å². The maximum absolute atomic E-state index is 5.98. The quantitative estimate of drug-likeness (QED) is 0.942. The van der Waals surface area contributed by atoms with E-state index in [4.69, 9.17) is 16.3 Å². The Balaban J connectivity index is 1.74. The number of ether oxygens (including phenoxy) is 1. The van der Waals surface area contributed by atoms with Crippen LogP contribution in [0.5, 0.6) is 5.75 Å². The lowest BCUT2D eigenvalue weighted by Crippen LogP contribution is -2.21. The van der Waals surface area contributed by atoms with Gasteiger partial charge in [-0.1, -0.05) is 17.7 Å². The first-order valence-electron chi connectivity index (χ1n) is 7.28. The van der Waals surface area contributed by atoms with E-state index in [1.54, 1.807) is 6.20 Å². The van der Waals surface area contributed by atoms with Crippen molar-refractivity contribution in [3.63, 3.8) is 0 Å². The van der Waals surface area contributed by atoms with Crippen LogP contribution in [0.1, 0.15) is 35.8 Å². The number of benzene rings is 1. The predicted molar refractivity (Wildman–Crippen MR) is 83.7 cm³/mol. The molecule has 0 saturated heterocycles. The minimum Gasteiger partial charge on any atom is -0.486 e. The molecule has 112 valence electrons. The van der Waals surface area contributed by atoms with Gasteiger partial charge in [0.15, 0.2) is 0 Å². The molecule has 4 nitrogen and oxygen atoms in total. The van der Waals surface area contributed by atoms with E-state index in [2.05, 4.69) is 22.4 Å². The maximum Gasteiger partial charge on any atom is 0.147 e. The molecule has 1 aliphatic rings. The lowest BCUT2D eigenvalue weighted by molar-refractivity contribution is 0.291. The molecule has 1 aromatic carbocycles. The molecule has 21 heavy (non-hydrogen) atoms. The molecule has 0 amide bonds. The highest BCUT2D eigenvalue weighted by Gasteiger charge is 2.19. The van der Waals surface area contributed by atoms with E-state index < -0.39 is 0 Å². The van der Waals surface area contributed by atoms with E-state index in [-0.39, 0.29) is 0 Å². The van der Waals surface area contributed by atoms with E-state index in [1.165, 1.54) is 24.0 Å². The van der Waals surface area contributed by atoms with Crippen LogP contribution in [0.3, 0.4) is 0 Å². The highest BCUT2D eigenvalue weighted by Crippen LogP contribution is 2.32. The summed E-state index contributed by atoms with van der Waals surface area (Å²) in [5.74, 6) is 1.72. The minimum atomic E-state index is 0.428. The summed E-state index contributed by atoms with van der Waals surface area (Å²) in [6, 6.07) is 6.84. The average Bonchev–Trinajstić information content (AvgIpc) is 2.83. The largest absolute Gasteiger partial charge is 0.486 e. The normalized spacial score (nSPS) is 17.6. The molecule has 1 unspecified atom stereocenters. The van der Waals surface area contributed by atoms with E-state index in [0.29, 0.717) is 17.8 Å². The van der Waals surface area contributed by atoms with Crippen LogP contribution in [-0.4, -0.2) is 16.6 Å². The van der Waals surface area contributed by atoms with Crippen LogP contribution in [0.2, 0.25) is 5.15 Å². The minimum absolute atomic E-state index is 0.428. The first-order valence-corrected chi connectivity index (χ1v) is 7.66. The summed E-state index contributed by atoms with van der Waals surface area (Å²) >= 11 is 5.98. The lowest BCUT2D eigenvalue weighted by atomic mass is 9.87. The fourth-order valence-corrected chi connectivity index (χ4v) is 3.03. The average molecular weight is 306 g/mol. The van der Waals surface area contributed by atoms with E-state index in [1.807, 2.05) is 24.7 Å². The van der Waals surface area contributed by atoms with Crippen molar-refractivity contribution in [2.75, 3.05) is 7.05 Å². The number of nitrogens with one attached hydrogen (secondary N) is 1. The zero-order valence-corrected chi connectivity index (χ0v) is 13.2. The van der Waals surface area contributed by atoms with Crippen LogP contribution in [0, 0.1) is 0 Å². The summed E-state index contributed by atoms with van der Waals surface area (Å²) in [4.78, 5) is 4.24. The van der Waals surface area contributed by atoms with Crippen LogP contribution in [0.15, 0.2) is 24.4 Å². The second-order valence-corrected chi connectivity index (χ2v) is 5.83. The molecule has 5 heteroatoms. The summed E-state index contributed by atoms with van der Waals surface area (Å²) in [5.41, 5.74) is 2.78. The summed E-state index contributed by atoms with van der Waals surface area (Å²) in [7, 11) is 3.91. The summed E-state index contributed by atoms with van der Waals surface area (Å²) in [6.45, 7) is 0.428. The van der Waals surface area contributed by atoms with Crippen molar-refractivity contribution < 1.29 is 4.74 Å². The van der Waals surface area contributed by atoms with Gasteiger partial charge in [0.2, 0.25) is 0 Å². The second kappa shape index (κ2) is 6.08. The molecule has 0 bridgehead atoms. The Hall–Kier alpha value is -1.52. The molecule has 0 saturated carbocycles. The Morgan fingerprint density at radius 3 is 3.05 bits per heavy atom. The Bertz CT molecular complexity index is 638. The molecule has 0 spiro atoms. The third-order valence-electron chi connectivity index (χ3n) is 4.17. The number of nitrogens with zero attached hydrogens (tertiary/aromatic N) is 2. The fraction of sp³-hybridized carbons (Fsp3) is 0.438. The number of imidazole rings is 1. The predicted octanol–water partition coefficient (Wildman–Crippen LogP) is 3.25. The lowest BCUT2D eigenvalue weighted by Gasteiger charge is -2.25. The van der Waals surface area contributed by atoms with Crippen LogP contribution in [0.25, 0.3) is 0 Å². The van der Waals surface area contributed by atoms with Gasteiger partial charge in [-0.3, -0.25) is 0 Å². The van der Waals surface area contributed by atoms with Crippen LogP contribution in [-0.2, 0) is 20.1 Å². The van der Waals surface area contributed by atoms with Crippen molar-refractivity contribution in [2.24, 2.45) is 7.05 Å². The van der Waals surface area contributed by atoms with Crippen LogP contribution >= 0.6 is 11.6 Å². The Kier molecular flexibility index (Phi) is 4.17. The zero-order valence-electron chi connectivity index (χ0n) is 12.4. The maximum atomic E-state index is 5.98. The Labute approximate surface area is 130 Å². The molecule has 1 aliphatic carbocycles. The molecule has 3 rings (SSSR count). The van der Waals surface area contributed by atoms with Crippen LogP contribution < -0.4 is 10.1 Å². The van der Waals surface area contributed by atoms with Gasteiger partial charge in [-0.15, -0.1) is 0 Å². The van der Waals surface area contributed by atoms with Gasteiger partial charge < -0.3 is 14.6 Å². The molecule has 1 N–H and O–H groups in total. The van der Waals surface area contributed by atoms with Gasteiger partial charge in [0.25, 0.3) is 0 Å². The van der Waals surface area contributed by atoms with Crippen molar-refractivity contribution in [3.05, 3.63) is 46.5 Å². The van der Waals surface area contributed by atoms with Crippen molar-refractivity contribution in [1.29, 1.82) is 0 Å². The van der Waals surface area contributed by atoms with Gasteiger partial charge in [-0.05, 0) is 49.6 Å². The van der Waals surface area contributed by atoms with Gasteiger partial charge in [-0.25, -0.2) is 4.98 Å². The molecule has 0 radical (unpaired) electrons. The smallest absolute Gasteiger partial charge is 0.147 e. The Morgan fingerprint density at radius 1 is 1.48 bits per heavy atom. The third-order valence-corrected chi connectivity index (χ3v) is 4.52. The molecule has 2 aromatic rings. The molecule has 1 heterocycles. The summed E-state index contributed by atoms with van der Waals surface area (Å²) < 4.78 is 7.69. The zero-order chi connectivity index (χ0) is 14.8. The molecule has 1 atom stereocenters. The number of halogens is 1. The number of hydrogen-bond acceptors (Lipinski definition) is 3. The topological polar surface area (TPSA) is 39.1 Å². The first-order chi connectivity index (χ1) is 10.2. The number of fused-ring (bicyclic) bond motifs is 1. The second-order valence-electron chi connectivity index (χ2n) is 5.44. The summed E-state index contributed by atoms with van der Waals surface area (Å²) in [5, 5.41) is 4.00. The molecule has 0 fully saturated rings. The van der Waals surface area contributed by atoms with E-state index >= 15 is 0 Å². The van der Waals surface area contributed by atoms with Crippen molar-refractivity contribution in [1.82, 2.24) is 14.9 Å². The van der Waals surface area contributed by atoms with E-state index in [0.717, 1.165) is 18.0 Å². The van der Waals surface area contributed by atoms with Crippen LogP contribution in [0.4, 0.5) is 0 Å². The van der Waals surface area contributed by atoms with Crippen molar-refractivity contribution >= 4 is 11.6 Å². The standard InChI is InChI=1S/C16H20ClN3O/c1-18-14-5-3-4-11-8-12(6-7-13(11)14)21-10-16-19-9-15(17)20(16)2/h6-9,14,18H,3-5,10H2,1-2H3. The number of rotatable bonds is 4. The SMILES string of the molecule is CNC1CCCc2cc(OCc3ncc(Cl)n3C)ccc21. The molecular weight excluding hydrogens is 286 g/mol. The van der Waals surface area contributed by atoms with Gasteiger partial charge in [0.1, 0.15) is 23.3 Å². The molecule has 0 aliphatic heterocycles. The molecule has 1 aromatic heterocycles. The number of aryl methyl sites for hydroxylation is 1. The van der Waals surface area contributed by atoms with Gasteiger partial charge in [-0.2, -0.15) is 0 Å². The highest BCUT2D eigenvalue weighted by atomic mass is 35.5. The van der Waals surface area contributed by atoms with Gasteiger partial charge >= 0.3 is 0 Å². The monoisotopic (exact) mass is 305 g/mol. The van der Waals surface area contributed by atoms with Gasteiger partial charge in [0.05, 0.1) is 6.20 Å². The van der Waals surface area contributed by atoms with Crippen molar-refractivity contribution in [3.8, 4) is 5.75 Å². The summed E-state index contributed by atoms with van der Waals surface area (Å²) in [6.07, 6.45) is 5.19. The number of hydrogen-bond donors (Lipinski definition) is 1. The Morgan fingerprint density at radius 2 is 2.33 bits per heavy atom. The first kappa shape index (κ1) is 14.4. The number of aromatic nitrogens is 2.